The molecular formula is C23H48O4Si2. The summed E-state index contributed by atoms with van der Waals surface area (Å²) in [6.45, 7) is 15.8. The number of carbonyl (C=O) groups is 1. The van der Waals surface area contributed by atoms with Gasteiger partial charge in [0.2, 0.25) is 0 Å². The highest BCUT2D eigenvalue weighted by Crippen LogP contribution is 2.19. The number of methoxy groups -OCH3 is 1. The van der Waals surface area contributed by atoms with E-state index in [0.29, 0.717) is 6.42 Å². The van der Waals surface area contributed by atoms with Gasteiger partial charge in [-0.3, -0.25) is 4.79 Å². The van der Waals surface area contributed by atoms with Gasteiger partial charge in [0.15, 0.2) is 16.6 Å². The van der Waals surface area contributed by atoms with Crippen molar-refractivity contribution in [2.45, 2.75) is 123 Å². The fourth-order valence-corrected chi connectivity index (χ4v) is 5.42. The molecule has 172 valence electrons. The number of rotatable bonds is 17. The van der Waals surface area contributed by atoms with Crippen molar-refractivity contribution >= 4 is 22.6 Å². The highest BCUT2D eigenvalue weighted by Gasteiger charge is 2.22. The van der Waals surface area contributed by atoms with Crippen molar-refractivity contribution in [2.75, 3.05) is 7.11 Å². The molecule has 0 radical (unpaired) electrons. The van der Waals surface area contributed by atoms with Gasteiger partial charge in [-0.15, -0.1) is 0 Å². The van der Waals surface area contributed by atoms with Crippen LogP contribution < -0.4 is 0 Å². The molecule has 0 saturated carbocycles. The van der Waals surface area contributed by atoms with Crippen LogP contribution in [0.3, 0.4) is 0 Å². The van der Waals surface area contributed by atoms with E-state index in [1.165, 1.54) is 26.4 Å². The Morgan fingerprint density at radius 2 is 1.21 bits per heavy atom. The predicted molar refractivity (Wildman–Crippen MR) is 129 cm³/mol. The summed E-state index contributed by atoms with van der Waals surface area (Å²) in [5.74, 6) is -0.107. The maximum Gasteiger partial charge on any atom is 0.305 e. The minimum Gasteiger partial charge on any atom is -0.469 e. The fourth-order valence-electron chi connectivity index (χ4n) is 3.21. The fraction of sp³-hybridized carbons (Fsp3) is 0.870. The normalized spacial score (nSPS) is 14.9. The first-order valence-electron chi connectivity index (χ1n) is 11.6. The van der Waals surface area contributed by atoms with Crippen LogP contribution in [0.1, 0.15) is 71.1 Å². The van der Waals surface area contributed by atoms with Gasteiger partial charge in [-0.2, -0.15) is 0 Å². The largest absolute Gasteiger partial charge is 0.469 e. The highest BCUT2D eigenvalue weighted by atomic mass is 28.4. The molecule has 0 unspecified atom stereocenters. The molecule has 0 heterocycles. The predicted octanol–water partition coefficient (Wildman–Crippen LogP) is 7.08. The molecule has 0 bridgehead atoms. The molecule has 0 spiro atoms. The van der Waals surface area contributed by atoms with Crippen molar-refractivity contribution in [1.82, 2.24) is 0 Å². The smallest absolute Gasteiger partial charge is 0.305 e. The topological polar surface area (TPSA) is 44.8 Å². The zero-order valence-corrected chi connectivity index (χ0v) is 22.5. The molecule has 0 aromatic heterocycles. The Hall–Kier alpha value is -0.436. The molecule has 0 fully saturated rings. The molecule has 0 aliphatic heterocycles. The first kappa shape index (κ1) is 28.6. The Morgan fingerprint density at radius 1 is 0.759 bits per heavy atom. The summed E-state index contributed by atoms with van der Waals surface area (Å²) in [5.41, 5.74) is 0. The molecule has 0 aromatic carbocycles. The number of ether oxygens (including phenoxy) is 1. The first-order valence-corrected chi connectivity index (χ1v) is 18.4. The van der Waals surface area contributed by atoms with Crippen molar-refractivity contribution in [1.29, 1.82) is 0 Å². The molecule has 0 rings (SSSR count). The van der Waals surface area contributed by atoms with E-state index in [9.17, 15) is 4.79 Å². The lowest BCUT2D eigenvalue weighted by molar-refractivity contribution is -0.140. The van der Waals surface area contributed by atoms with E-state index in [2.05, 4.69) is 58.4 Å². The van der Waals surface area contributed by atoms with E-state index in [4.69, 9.17) is 13.6 Å². The molecule has 0 aliphatic rings. The van der Waals surface area contributed by atoms with Crippen LogP contribution in [0.4, 0.5) is 0 Å². The van der Waals surface area contributed by atoms with Crippen molar-refractivity contribution < 1.29 is 18.4 Å². The van der Waals surface area contributed by atoms with Crippen LogP contribution in [0.5, 0.6) is 0 Å². The van der Waals surface area contributed by atoms with Gasteiger partial charge < -0.3 is 13.6 Å². The zero-order valence-electron chi connectivity index (χ0n) is 20.5. The van der Waals surface area contributed by atoms with E-state index in [1.54, 1.807) is 0 Å². The SMILES string of the molecule is CCCCC[C@@H](/C=C/[C@@H](CCCCCCC(=O)OC)O[Si](C)(C)C)O[Si](C)(C)C. The summed E-state index contributed by atoms with van der Waals surface area (Å²) in [7, 11) is -1.73. The summed E-state index contributed by atoms with van der Waals surface area (Å²) >= 11 is 0. The third-order valence-corrected chi connectivity index (χ3v) is 6.51. The summed E-state index contributed by atoms with van der Waals surface area (Å²) in [6, 6.07) is 0. The van der Waals surface area contributed by atoms with E-state index < -0.39 is 16.6 Å². The maximum absolute atomic E-state index is 11.2. The molecule has 0 saturated heterocycles. The molecule has 2 atom stereocenters. The molecule has 0 N–H and O–H groups in total. The second-order valence-electron chi connectivity index (χ2n) is 9.95. The zero-order chi connectivity index (χ0) is 22.3. The summed E-state index contributed by atoms with van der Waals surface area (Å²) in [6.07, 6.45) is 15.5. The van der Waals surface area contributed by atoms with E-state index in [-0.39, 0.29) is 18.2 Å². The minimum absolute atomic E-state index is 0.107. The second kappa shape index (κ2) is 15.4. The number of hydrogen-bond acceptors (Lipinski definition) is 4. The van der Waals surface area contributed by atoms with Gasteiger partial charge in [0.05, 0.1) is 19.3 Å². The Morgan fingerprint density at radius 3 is 1.62 bits per heavy atom. The average Bonchev–Trinajstić information content (AvgIpc) is 2.59. The lowest BCUT2D eigenvalue weighted by Gasteiger charge is -2.27. The van der Waals surface area contributed by atoms with Crippen molar-refractivity contribution in [3.05, 3.63) is 12.2 Å². The lowest BCUT2D eigenvalue weighted by Crippen LogP contribution is -2.33. The van der Waals surface area contributed by atoms with Gasteiger partial charge in [0, 0.05) is 6.42 Å². The van der Waals surface area contributed by atoms with Crippen LogP contribution >= 0.6 is 0 Å². The van der Waals surface area contributed by atoms with Crippen LogP contribution in [0.25, 0.3) is 0 Å². The Labute approximate surface area is 183 Å². The highest BCUT2D eigenvalue weighted by molar-refractivity contribution is 6.70. The molecule has 6 heteroatoms. The Bertz CT molecular complexity index is 453. The van der Waals surface area contributed by atoms with Gasteiger partial charge >= 0.3 is 5.97 Å². The van der Waals surface area contributed by atoms with Gasteiger partial charge in [-0.05, 0) is 58.5 Å². The molecule has 0 amide bonds. The number of carbonyl (C=O) groups excluding carboxylic acids is 1. The van der Waals surface area contributed by atoms with Crippen LogP contribution in [-0.4, -0.2) is 41.9 Å². The maximum atomic E-state index is 11.2. The standard InChI is InChI=1S/C23H48O4Si2/c1-9-10-13-16-21(26-28(3,4)5)19-20-22(27-29(6,7)8)17-14-11-12-15-18-23(24)25-2/h19-22H,9-18H2,1-8H3/b20-19+/t21-,22+/m0/s1. The Kier molecular flexibility index (Phi) is 15.1. The minimum atomic E-state index is -1.61. The van der Waals surface area contributed by atoms with Gasteiger partial charge in [0.1, 0.15) is 0 Å². The van der Waals surface area contributed by atoms with E-state index in [1.807, 2.05) is 0 Å². The summed E-state index contributed by atoms with van der Waals surface area (Å²) in [5, 5.41) is 0. The van der Waals surface area contributed by atoms with Gasteiger partial charge in [-0.1, -0.05) is 57.6 Å². The third kappa shape index (κ3) is 19.3. The molecule has 4 nitrogen and oxygen atoms in total. The van der Waals surface area contributed by atoms with Crippen molar-refractivity contribution in [2.24, 2.45) is 0 Å². The van der Waals surface area contributed by atoms with E-state index in [0.717, 1.165) is 38.5 Å². The number of esters is 1. The van der Waals surface area contributed by atoms with Crippen LogP contribution in [-0.2, 0) is 18.4 Å². The molecule has 29 heavy (non-hydrogen) atoms. The van der Waals surface area contributed by atoms with E-state index >= 15 is 0 Å². The lowest BCUT2D eigenvalue weighted by atomic mass is 10.1. The molecular weight excluding hydrogens is 396 g/mol. The van der Waals surface area contributed by atoms with Crippen molar-refractivity contribution in [3.63, 3.8) is 0 Å². The van der Waals surface area contributed by atoms with Crippen LogP contribution in [0, 0.1) is 0 Å². The monoisotopic (exact) mass is 444 g/mol. The van der Waals surface area contributed by atoms with Gasteiger partial charge in [0.25, 0.3) is 0 Å². The third-order valence-electron chi connectivity index (χ3n) is 4.49. The van der Waals surface area contributed by atoms with Gasteiger partial charge in [-0.25, -0.2) is 0 Å². The van der Waals surface area contributed by atoms with Crippen LogP contribution in [0.15, 0.2) is 12.2 Å². The van der Waals surface area contributed by atoms with Crippen molar-refractivity contribution in [3.8, 4) is 0 Å². The first-order chi connectivity index (χ1) is 13.5. The summed E-state index contributed by atoms with van der Waals surface area (Å²) < 4.78 is 17.6. The molecule has 0 aliphatic carbocycles. The quantitative estimate of drug-likeness (QED) is 0.104. The number of unbranched alkanes of at least 4 members (excludes halogenated alkanes) is 5. The molecule has 0 aromatic rings. The van der Waals surface area contributed by atoms with Crippen LogP contribution in [0.2, 0.25) is 39.3 Å². The average molecular weight is 445 g/mol. The Balaban J connectivity index is 4.70. The number of hydrogen-bond donors (Lipinski definition) is 0. The summed E-state index contributed by atoms with van der Waals surface area (Å²) in [4.78, 5) is 11.2. The second-order valence-corrected chi connectivity index (χ2v) is 18.9.